The van der Waals surface area contributed by atoms with Crippen LogP contribution in [0.5, 0.6) is 0 Å². The van der Waals surface area contributed by atoms with Crippen LogP contribution in [0.3, 0.4) is 0 Å². The van der Waals surface area contributed by atoms with Crippen molar-refractivity contribution in [3.05, 3.63) is 34.3 Å². The Kier molecular flexibility index (Phi) is 5.26. The third-order valence-electron chi connectivity index (χ3n) is 2.59. The summed E-state index contributed by atoms with van der Waals surface area (Å²) in [6, 6.07) is 6.65. The quantitative estimate of drug-likeness (QED) is 0.863. The molecule has 0 radical (unpaired) electrons. The molecule has 4 nitrogen and oxygen atoms in total. The molecule has 0 spiro atoms. The molecule has 0 bridgehead atoms. The van der Waals surface area contributed by atoms with Gasteiger partial charge in [-0.05, 0) is 17.7 Å². The van der Waals surface area contributed by atoms with Crippen LogP contribution in [0.2, 0.25) is 0 Å². The topological polar surface area (TPSA) is 63.6 Å². The number of esters is 1. The largest absolute Gasteiger partial charge is 0.455 e. The Labute approximate surface area is 120 Å². The summed E-state index contributed by atoms with van der Waals surface area (Å²) in [4.78, 5) is 23.2. The van der Waals surface area contributed by atoms with Gasteiger partial charge in [-0.15, -0.1) is 0 Å². The average molecular weight is 329 g/mol. The standard InChI is InChI=1S/C14H17BrO4/c1-14(2,3)11(16)8-19-13(18)12(17)9-4-6-10(15)7-5-9/h4-7,12,17H,8H2,1-3H3/t12-/m0/s1. The molecule has 0 aromatic heterocycles. The smallest absolute Gasteiger partial charge is 0.340 e. The molecule has 0 fully saturated rings. The van der Waals surface area contributed by atoms with Crippen molar-refractivity contribution in [1.29, 1.82) is 0 Å². The van der Waals surface area contributed by atoms with Crippen LogP contribution in [-0.2, 0) is 14.3 Å². The first kappa shape index (κ1) is 15.9. The second-order valence-corrected chi connectivity index (χ2v) is 6.15. The second-order valence-electron chi connectivity index (χ2n) is 5.23. The number of hydrogen-bond acceptors (Lipinski definition) is 4. The van der Waals surface area contributed by atoms with Crippen molar-refractivity contribution in [2.45, 2.75) is 26.9 Å². The van der Waals surface area contributed by atoms with Crippen LogP contribution in [0.4, 0.5) is 0 Å². The van der Waals surface area contributed by atoms with Gasteiger partial charge in [0.25, 0.3) is 0 Å². The molecule has 19 heavy (non-hydrogen) atoms. The van der Waals surface area contributed by atoms with Gasteiger partial charge in [-0.1, -0.05) is 48.8 Å². The Balaban J connectivity index is 2.59. The zero-order valence-corrected chi connectivity index (χ0v) is 12.7. The lowest BCUT2D eigenvalue weighted by Crippen LogP contribution is -2.28. The highest BCUT2D eigenvalue weighted by molar-refractivity contribution is 9.10. The van der Waals surface area contributed by atoms with E-state index in [0.29, 0.717) is 5.56 Å². The van der Waals surface area contributed by atoms with Gasteiger partial charge in [0.05, 0.1) is 0 Å². The number of benzene rings is 1. The minimum Gasteiger partial charge on any atom is -0.455 e. The summed E-state index contributed by atoms with van der Waals surface area (Å²) in [5.41, 5.74) is -0.139. The normalized spacial score (nSPS) is 12.9. The highest BCUT2D eigenvalue weighted by Gasteiger charge is 2.25. The number of carbonyl (C=O) groups excluding carboxylic acids is 2. The lowest BCUT2D eigenvalue weighted by molar-refractivity contribution is -0.158. The first-order valence-electron chi connectivity index (χ1n) is 5.85. The summed E-state index contributed by atoms with van der Waals surface area (Å²) in [5, 5.41) is 9.79. The molecule has 1 rings (SSSR count). The maximum atomic E-state index is 11.6. The van der Waals surface area contributed by atoms with Gasteiger partial charge in [0.15, 0.2) is 18.5 Å². The van der Waals surface area contributed by atoms with E-state index in [1.807, 2.05) is 0 Å². The van der Waals surface area contributed by atoms with Gasteiger partial charge in [-0.25, -0.2) is 4.79 Å². The SMILES string of the molecule is CC(C)(C)C(=O)COC(=O)[C@@H](O)c1ccc(Br)cc1. The molecule has 1 aromatic rings. The number of halogens is 1. The van der Waals surface area contributed by atoms with E-state index < -0.39 is 17.5 Å². The fourth-order valence-electron chi connectivity index (χ4n) is 1.21. The molecule has 0 aliphatic rings. The van der Waals surface area contributed by atoms with Crippen LogP contribution >= 0.6 is 15.9 Å². The number of aliphatic hydroxyl groups is 1. The molecule has 0 saturated carbocycles. The Morgan fingerprint density at radius 1 is 1.26 bits per heavy atom. The van der Waals surface area contributed by atoms with Crippen LogP contribution in [-0.4, -0.2) is 23.5 Å². The molecule has 0 unspecified atom stereocenters. The van der Waals surface area contributed by atoms with Crippen molar-refractivity contribution in [1.82, 2.24) is 0 Å². The van der Waals surface area contributed by atoms with Crippen molar-refractivity contribution < 1.29 is 19.4 Å². The monoisotopic (exact) mass is 328 g/mol. The first-order chi connectivity index (χ1) is 8.71. The Bertz CT molecular complexity index is 459. The molecule has 1 atom stereocenters. The molecule has 0 saturated heterocycles. The van der Waals surface area contributed by atoms with Gasteiger partial charge < -0.3 is 9.84 Å². The van der Waals surface area contributed by atoms with E-state index in [4.69, 9.17) is 4.74 Å². The Morgan fingerprint density at radius 2 is 1.79 bits per heavy atom. The van der Waals surface area contributed by atoms with Crippen molar-refractivity contribution in [2.75, 3.05) is 6.61 Å². The van der Waals surface area contributed by atoms with E-state index in [-0.39, 0.29) is 12.4 Å². The van der Waals surface area contributed by atoms with Crippen LogP contribution in [0.1, 0.15) is 32.4 Å². The summed E-state index contributed by atoms with van der Waals surface area (Å²) in [5.74, 6) is -1.01. The van der Waals surface area contributed by atoms with Crippen molar-refractivity contribution in [3.8, 4) is 0 Å². The first-order valence-corrected chi connectivity index (χ1v) is 6.64. The molecular formula is C14H17BrO4. The van der Waals surface area contributed by atoms with Crippen LogP contribution in [0.15, 0.2) is 28.7 Å². The highest BCUT2D eigenvalue weighted by atomic mass is 79.9. The van der Waals surface area contributed by atoms with Crippen molar-refractivity contribution in [2.24, 2.45) is 5.41 Å². The van der Waals surface area contributed by atoms with E-state index in [1.54, 1.807) is 45.0 Å². The van der Waals surface area contributed by atoms with Gasteiger partial charge in [0, 0.05) is 9.89 Å². The zero-order chi connectivity index (χ0) is 14.6. The number of ketones is 1. The van der Waals surface area contributed by atoms with Gasteiger partial charge in [-0.2, -0.15) is 0 Å². The fourth-order valence-corrected chi connectivity index (χ4v) is 1.48. The molecule has 0 heterocycles. The fraction of sp³-hybridized carbons (Fsp3) is 0.429. The molecule has 104 valence electrons. The van der Waals surface area contributed by atoms with E-state index in [2.05, 4.69) is 15.9 Å². The molecular weight excluding hydrogens is 312 g/mol. The van der Waals surface area contributed by atoms with Crippen LogP contribution in [0, 0.1) is 5.41 Å². The summed E-state index contributed by atoms with van der Waals surface area (Å²) in [6.45, 7) is 4.91. The lowest BCUT2D eigenvalue weighted by Gasteiger charge is -2.17. The predicted octanol–water partition coefficient (Wildman–Crippen LogP) is 2.64. The van der Waals surface area contributed by atoms with E-state index in [9.17, 15) is 14.7 Å². The van der Waals surface area contributed by atoms with Gasteiger partial charge in [0.1, 0.15) is 0 Å². The van der Waals surface area contributed by atoms with Gasteiger partial charge in [0.2, 0.25) is 0 Å². The summed E-state index contributed by atoms with van der Waals surface area (Å²) >= 11 is 3.26. The lowest BCUT2D eigenvalue weighted by atomic mass is 9.91. The van der Waals surface area contributed by atoms with Crippen molar-refractivity contribution >= 4 is 27.7 Å². The maximum Gasteiger partial charge on any atom is 0.340 e. The maximum absolute atomic E-state index is 11.6. The highest BCUT2D eigenvalue weighted by Crippen LogP contribution is 2.19. The number of carbonyl (C=O) groups is 2. The number of Topliss-reactive ketones (excluding diaryl/α,β-unsaturated/α-hetero) is 1. The summed E-state index contributed by atoms with van der Waals surface area (Å²) < 4.78 is 5.67. The molecule has 0 aliphatic heterocycles. The Morgan fingerprint density at radius 3 is 2.26 bits per heavy atom. The van der Waals surface area contributed by atoms with E-state index >= 15 is 0 Å². The summed E-state index contributed by atoms with van der Waals surface area (Å²) in [7, 11) is 0. The minimum atomic E-state index is -1.37. The van der Waals surface area contributed by atoms with Crippen molar-refractivity contribution in [3.63, 3.8) is 0 Å². The third kappa shape index (κ3) is 4.76. The molecule has 1 aromatic carbocycles. The van der Waals surface area contributed by atoms with Crippen LogP contribution < -0.4 is 0 Å². The summed E-state index contributed by atoms with van der Waals surface area (Å²) in [6.07, 6.45) is -1.37. The second kappa shape index (κ2) is 6.30. The third-order valence-corrected chi connectivity index (χ3v) is 3.12. The number of ether oxygens (including phenoxy) is 1. The van der Waals surface area contributed by atoms with Gasteiger partial charge in [-0.3, -0.25) is 4.79 Å². The van der Waals surface area contributed by atoms with E-state index in [1.165, 1.54) is 0 Å². The average Bonchev–Trinajstić information content (AvgIpc) is 2.34. The molecule has 5 heteroatoms. The number of hydrogen-bond donors (Lipinski definition) is 1. The molecule has 0 amide bonds. The minimum absolute atomic E-state index is 0.191. The molecule has 0 aliphatic carbocycles. The van der Waals surface area contributed by atoms with E-state index in [0.717, 1.165) is 4.47 Å². The number of aliphatic hydroxyl groups excluding tert-OH is 1. The predicted molar refractivity (Wildman–Crippen MR) is 74.5 cm³/mol. The number of rotatable bonds is 4. The molecule has 1 N–H and O–H groups in total. The van der Waals surface area contributed by atoms with Crippen LogP contribution in [0.25, 0.3) is 0 Å². The zero-order valence-electron chi connectivity index (χ0n) is 11.1. The van der Waals surface area contributed by atoms with Gasteiger partial charge >= 0.3 is 5.97 Å². The Hall–Kier alpha value is -1.20.